The number of hydrogen-bond donors (Lipinski definition) is 0. The Bertz CT molecular complexity index is 1230. The number of hydrogen-bond acceptors (Lipinski definition) is 2. The summed E-state index contributed by atoms with van der Waals surface area (Å²) in [5, 5.41) is 4.93. The summed E-state index contributed by atoms with van der Waals surface area (Å²) < 4.78 is 0. The molecular formula is C34H29NO. The lowest BCUT2D eigenvalue weighted by atomic mass is 9.80. The molecule has 2 nitrogen and oxygen atoms in total. The molecule has 0 spiro atoms. The molecule has 176 valence electrons. The highest BCUT2D eigenvalue weighted by molar-refractivity contribution is 5.88. The van der Waals surface area contributed by atoms with Crippen LogP contribution in [-0.4, -0.2) is 5.71 Å². The highest BCUT2D eigenvalue weighted by atomic mass is 16.6. The normalized spacial score (nSPS) is 11.0. The van der Waals surface area contributed by atoms with Crippen molar-refractivity contribution in [2.75, 3.05) is 0 Å². The topological polar surface area (TPSA) is 21.6 Å². The Morgan fingerprint density at radius 3 is 1.08 bits per heavy atom. The standard InChI is InChI=1S/C34H29NO/c1-6-16-28(17-7-1)26-33(27-29-18-8-2-9-19-29)35-36-34(30-20-10-3-11-21-30,31-22-12-4-13-23-31)32-24-14-5-15-25-32/h1-25H,26-27H2. The first-order valence-corrected chi connectivity index (χ1v) is 12.3. The van der Waals surface area contributed by atoms with E-state index in [1.165, 1.54) is 11.1 Å². The van der Waals surface area contributed by atoms with Gasteiger partial charge in [0, 0.05) is 29.5 Å². The smallest absolute Gasteiger partial charge is 0.212 e. The SMILES string of the molecule is c1ccc(CC(Cc2ccccc2)=NOC(c2ccccc2)(c2ccccc2)c2ccccc2)cc1. The van der Waals surface area contributed by atoms with Gasteiger partial charge in [0.05, 0.1) is 5.71 Å². The first kappa shape index (κ1) is 23.3. The molecule has 0 aromatic heterocycles. The number of nitrogens with zero attached hydrogens (tertiary/aromatic N) is 1. The monoisotopic (exact) mass is 467 g/mol. The Hall–Kier alpha value is -4.43. The molecule has 0 saturated carbocycles. The highest BCUT2D eigenvalue weighted by Crippen LogP contribution is 2.40. The van der Waals surface area contributed by atoms with Crippen LogP contribution in [0.15, 0.2) is 157 Å². The summed E-state index contributed by atoms with van der Waals surface area (Å²) in [6.07, 6.45) is 1.42. The van der Waals surface area contributed by atoms with Gasteiger partial charge in [-0.15, -0.1) is 0 Å². The van der Waals surface area contributed by atoms with Crippen LogP contribution in [0.2, 0.25) is 0 Å². The molecule has 0 heterocycles. The fourth-order valence-corrected chi connectivity index (χ4v) is 4.60. The largest absolute Gasteiger partial charge is 0.375 e. The first-order chi connectivity index (χ1) is 17.8. The molecule has 0 bridgehead atoms. The molecule has 0 N–H and O–H groups in total. The maximum Gasteiger partial charge on any atom is 0.212 e. The minimum Gasteiger partial charge on any atom is -0.375 e. The lowest BCUT2D eigenvalue weighted by molar-refractivity contribution is 0.0166. The molecule has 5 aromatic carbocycles. The maximum atomic E-state index is 6.78. The second kappa shape index (κ2) is 11.3. The van der Waals surface area contributed by atoms with E-state index in [1.807, 2.05) is 30.3 Å². The van der Waals surface area contributed by atoms with Crippen LogP contribution in [0.1, 0.15) is 27.8 Å². The summed E-state index contributed by atoms with van der Waals surface area (Å²) >= 11 is 0. The zero-order chi connectivity index (χ0) is 24.5. The van der Waals surface area contributed by atoms with Gasteiger partial charge in [0.15, 0.2) is 0 Å². The van der Waals surface area contributed by atoms with Gasteiger partial charge >= 0.3 is 0 Å². The highest BCUT2D eigenvalue weighted by Gasteiger charge is 2.39. The quantitative estimate of drug-likeness (QED) is 0.123. The van der Waals surface area contributed by atoms with E-state index >= 15 is 0 Å². The van der Waals surface area contributed by atoms with Crippen molar-refractivity contribution in [1.82, 2.24) is 0 Å². The van der Waals surface area contributed by atoms with E-state index in [4.69, 9.17) is 9.99 Å². The molecule has 0 atom stereocenters. The third-order valence-corrected chi connectivity index (χ3v) is 6.35. The molecule has 0 amide bonds. The van der Waals surface area contributed by atoms with Crippen LogP contribution in [0.3, 0.4) is 0 Å². The molecule has 0 aliphatic rings. The zero-order valence-corrected chi connectivity index (χ0v) is 20.2. The van der Waals surface area contributed by atoms with E-state index in [9.17, 15) is 0 Å². The average molecular weight is 468 g/mol. The second-order valence-electron chi connectivity index (χ2n) is 8.85. The Morgan fingerprint density at radius 2 is 0.750 bits per heavy atom. The van der Waals surface area contributed by atoms with Crippen molar-refractivity contribution >= 4 is 5.71 Å². The van der Waals surface area contributed by atoms with Gasteiger partial charge < -0.3 is 4.84 Å². The van der Waals surface area contributed by atoms with Crippen LogP contribution in [0.25, 0.3) is 0 Å². The van der Waals surface area contributed by atoms with Crippen LogP contribution in [0.5, 0.6) is 0 Å². The van der Waals surface area contributed by atoms with E-state index in [0.717, 1.165) is 22.4 Å². The van der Waals surface area contributed by atoms with Crippen molar-refractivity contribution in [3.8, 4) is 0 Å². The van der Waals surface area contributed by atoms with E-state index in [0.29, 0.717) is 12.8 Å². The van der Waals surface area contributed by atoms with Crippen LogP contribution < -0.4 is 0 Å². The summed E-state index contributed by atoms with van der Waals surface area (Å²) in [6.45, 7) is 0. The van der Waals surface area contributed by atoms with Crippen molar-refractivity contribution in [3.05, 3.63) is 179 Å². The molecule has 5 rings (SSSR count). The van der Waals surface area contributed by atoms with Crippen molar-refractivity contribution in [2.45, 2.75) is 18.4 Å². The predicted octanol–water partition coefficient (Wildman–Crippen LogP) is 7.84. The maximum absolute atomic E-state index is 6.78. The van der Waals surface area contributed by atoms with Crippen LogP contribution in [0, 0.1) is 0 Å². The van der Waals surface area contributed by atoms with E-state index in [2.05, 4.69) is 121 Å². The van der Waals surface area contributed by atoms with Crippen molar-refractivity contribution in [3.63, 3.8) is 0 Å². The number of rotatable bonds is 9. The molecule has 0 fully saturated rings. The van der Waals surface area contributed by atoms with Gasteiger partial charge in [-0.25, -0.2) is 0 Å². The van der Waals surface area contributed by atoms with Crippen LogP contribution in [0.4, 0.5) is 0 Å². The number of oxime groups is 1. The Labute approximate surface area is 213 Å². The summed E-state index contributed by atoms with van der Waals surface area (Å²) in [6, 6.07) is 52.0. The van der Waals surface area contributed by atoms with E-state index in [-0.39, 0.29) is 0 Å². The Kier molecular flexibility index (Phi) is 7.34. The van der Waals surface area contributed by atoms with Gasteiger partial charge in [-0.2, -0.15) is 0 Å². The Morgan fingerprint density at radius 1 is 0.444 bits per heavy atom. The summed E-state index contributed by atoms with van der Waals surface area (Å²) in [5.74, 6) is 0. The predicted molar refractivity (Wildman–Crippen MR) is 148 cm³/mol. The van der Waals surface area contributed by atoms with Gasteiger partial charge in [0.1, 0.15) is 0 Å². The minimum atomic E-state index is -0.887. The third kappa shape index (κ3) is 5.29. The Balaban J connectivity index is 1.64. The second-order valence-corrected chi connectivity index (χ2v) is 8.85. The van der Waals surface area contributed by atoms with E-state index < -0.39 is 5.60 Å². The average Bonchev–Trinajstić information content (AvgIpc) is 2.96. The molecular weight excluding hydrogens is 438 g/mol. The molecule has 36 heavy (non-hydrogen) atoms. The molecule has 0 unspecified atom stereocenters. The van der Waals surface area contributed by atoms with Gasteiger partial charge in [-0.3, -0.25) is 0 Å². The molecule has 2 heteroatoms. The third-order valence-electron chi connectivity index (χ3n) is 6.35. The summed E-state index contributed by atoms with van der Waals surface area (Å²) in [4.78, 5) is 6.78. The molecule has 0 saturated heterocycles. The van der Waals surface area contributed by atoms with Crippen molar-refractivity contribution in [2.24, 2.45) is 5.16 Å². The zero-order valence-electron chi connectivity index (χ0n) is 20.2. The summed E-state index contributed by atoms with van der Waals surface area (Å²) in [7, 11) is 0. The minimum absolute atomic E-state index is 0.712. The lowest BCUT2D eigenvalue weighted by Gasteiger charge is -2.33. The molecule has 5 aromatic rings. The summed E-state index contributed by atoms with van der Waals surface area (Å²) in [5.41, 5.74) is 5.60. The first-order valence-electron chi connectivity index (χ1n) is 12.3. The van der Waals surface area contributed by atoms with Gasteiger partial charge in [0.2, 0.25) is 5.60 Å². The van der Waals surface area contributed by atoms with Gasteiger partial charge in [0.25, 0.3) is 0 Å². The fourth-order valence-electron chi connectivity index (χ4n) is 4.60. The van der Waals surface area contributed by atoms with E-state index in [1.54, 1.807) is 0 Å². The lowest BCUT2D eigenvalue weighted by Crippen LogP contribution is -2.32. The van der Waals surface area contributed by atoms with Crippen LogP contribution in [-0.2, 0) is 23.3 Å². The molecule has 0 aliphatic heterocycles. The van der Waals surface area contributed by atoms with Gasteiger partial charge in [-0.1, -0.05) is 157 Å². The fraction of sp³-hybridized carbons (Fsp3) is 0.0882. The number of benzene rings is 5. The molecule has 0 aliphatic carbocycles. The van der Waals surface area contributed by atoms with Crippen molar-refractivity contribution in [1.29, 1.82) is 0 Å². The molecule has 0 radical (unpaired) electrons. The van der Waals surface area contributed by atoms with Gasteiger partial charge in [-0.05, 0) is 11.1 Å². The van der Waals surface area contributed by atoms with Crippen molar-refractivity contribution < 1.29 is 4.84 Å². The van der Waals surface area contributed by atoms with Crippen LogP contribution >= 0.6 is 0 Å².